The minimum absolute atomic E-state index is 0.0746. The molecule has 0 saturated carbocycles. The molecule has 1 aliphatic carbocycles. The van der Waals surface area contributed by atoms with Crippen LogP contribution in [0.25, 0.3) is 6.08 Å². The van der Waals surface area contributed by atoms with Gasteiger partial charge >= 0.3 is 0 Å². The van der Waals surface area contributed by atoms with E-state index in [4.69, 9.17) is 5.73 Å². The van der Waals surface area contributed by atoms with Crippen molar-refractivity contribution >= 4 is 23.4 Å². The number of carbonyl (C=O) groups excluding carboxylic acids is 1. The zero-order valence-corrected chi connectivity index (χ0v) is 15.7. The van der Waals surface area contributed by atoms with Gasteiger partial charge in [-0.15, -0.1) is 0 Å². The molecule has 1 amide bonds. The number of allylic oxidation sites excluding steroid dienone is 3. The number of para-hydroxylation sites is 2. The Morgan fingerprint density at radius 3 is 2.71 bits per heavy atom. The van der Waals surface area contributed by atoms with Crippen molar-refractivity contribution in [2.24, 2.45) is 0 Å². The van der Waals surface area contributed by atoms with Crippen molar-refractivity contribution in [3.63, 3.8) is 0 Å². The van der Waals surface area contributed by atoms with E-state index in [2.05, 4.69) is 40.2 Å². The lowest BCUT2D eigenvalue weighted by Gasteiger charge is -2.16. The normalized spacial score (nSPS) is 13.6. The summed E-state index contributed by atoms with van der Waals surface area (Å²) < 4.78 is 2.05. The molecule has 0 fully saturated rings. The van der Waals surface area contributed by atoms with Crippen molar-refractivity contribution in [2.45, 2.75) is 19.4 Å². The van der Waals surface area contributed by atoms with Crippen LogP contribution in [0.4, 0.5) is 11.4 Å². The number of amides is 1. The van der Waals surface area contributed by atoms with Crippen LogP contribution in [0.15, 0.2) is 73.0 Å². The fourth-order valence-electron chi connectivity index (χ4n) is 3.36. The maximum atomic E-state index is 12.5. The van der Waals surface area contributed by atoms with Crippen molar-refractivity contribution in [3.8, 4) is 0 Å². The number of nitrogens with two attached hydrogens (primary N) is 1. The Labute approximate surface area is 164 Å². The third kappa shape index (κ3) is 3.47. The molecule has 28 heavy (non-hydrogen) atoms. The Kier molecular flexibility index (Phi) is 4.81. The third-order valence-electron chi connectivity index (χ3n) is 5.00. The molecule has 1 aromatic heterocycles. The molecule has 1 heterocycles. The van der Waals surface area contributed by atoms with Crippen LogP contribution in [0, 0.1) is 0 Å². The number of anilines is 2. The SMILES string of the molecule is CC(c1ccc(C(=O)Nc2ccccc2N)cc1)n1ncc2c1CC=CC=C2. The predicted molar refractivity (Wildman–Crippen MR) is 113 cm³/mol. The van der Waals surface area contributed by atoms with Gasteiger partial charge in [0.25, 0.3) is 5.91 Å². The van der Waals surface area contributed by atoms with E-state index in [1.54, 1.807) is 12.1 Å². The fourth-order valence-corrected chi connectivity index (χ4v) is 3.36. The smallest absolute Gasteiger partial charge is 0.255 e. The molecule has 5 nitrogen and oxygen atoms in total. The average molecular weight is 370 g/mol. The highest BCUT2D eigenvalue weighted by Gasteiger charge is 2.16. The lowest BCUT2D eigenvalue weighted by Crippen LogP contribution is -2.14. The summed E-state index contributed by atoms with van der Waals surface area (Å²) in [5, 5.41) is 7.43. The second-order valence-electron chi connectivity index (χ2n) is 6.82. The van der Waals surface area contributed by atoms with Crippen LogP contribution in [0.3, 0.4) is 0 Å². The van der Waals surface area contributed by atoms with Gasteiger partial charge in [0, 0.05) is 17.5 Å². The van der Waals surface area contributed by atoms with E-state index in [-0.39, 0.29) is 11.9 Å². The molecular weight excluding hydrogens is 348 g/mol. The van der Waals surface area contributed by atoms with Gasteiger partial charge in [0.1, 0.15) is 0 Å². The van der Waals surface area contributed by atoms with Crippen molar-refractivity contribution in [1.29, 1.82) is 0 Å². The molecule has 3 aromatic rings. The van der Waals surface area contributed by atoms with Crippen LogP contribution >= 0.6 is 0 Å². The first-order valence-electron chi connectivity index (χ1n) is 9.29. The molecule has 0 spiro atoms. The number of hydrogen-bond donors (Lipinski definition) is 2. The van der Waals surface area contributed by atoms with Gasteiger partial charge in [0.15, 0.2) is 0 Å². The molecule has 0 radical (unpaired) electrons. The number of fused-ring (bicyclic) bond motifs is 1. The standard InChI is InChI=1S/C23H22N4O/c1-16(27-22-10-4-2-3-7-19(22)15-25-27)17-11-13-18(14-12-17)23(28)26-21-9-6-5-8-20(21)24/h2-9,11-16H,10,24H2,1H3,(H,26,28). The molecule has 0 saturated heterocycles. The molecule has 3 N–H and O–H groups in total. The number of hydrogen-bond acceptors (Lipinski definition) is 3. The van der Waals surface area contributed by atoms with Gasteiger partial charge in [-0.2, -0.15) is 5.10 Å². The van der Waals surface area contributed by atoms with E-state index >= 15 is 0 Å². The maximum Gasteiger partial charge on any atom is 0.255 e. The second kappa shape index (κ2) is 7.56. The van der Waals surface area contributed by atoms with E-state index in [0.717, 1.165) is 17.5 Å². The highest BCUT2D eigenvalue weighted by molar-refractivity contribution is 6.05. The zero-order chi connectivity index (χ0) is 19.5. The summed E-state index contributed by atoms with van der Waals surface area (Å²) in [6.45, 7) is 2.12. The average Bonchev–Trinajstić information content (AvgIpc) is 2.97. The largest absolute Gasteiger partial charge is 0.397 e. The topological polar surface area (TPSA) is 72.9 Å². The highest BCUT2D eigenvalue weighted by atomic mass is 16.1. The lowest BCUT2D eigenvalue weighted by molar-refractivity contribution is 0.102. The summed E-state index contributed by atoms with van der Waals surface area (Å²) in [6, 6.07) is 14.9. The van der Waals surface area contributed by atoms with Gasteiger partial charge in [-0.3, -0.25) is 9.48 Å². The van der Waals surface area contributed by atoms with Crippen LogP contribution in [0.2, 0.25) is 0 Å². The number of benzene rings is 2. The fraction of sp³-hybridized carbons (Fsp3) is 0.130. The summed E-state index contributed by atoms with van der Waals surface area (Å²) in [7, 11) is 0. The van der Waals surface area contributed by atoms with E-state index in [1.165, 1.54) is 5.69 Å². The van der Waals surface area contributed by atoms with Gasteiger partial charge in [0.2, 0.25) is 0 Å². The monoisotopic (exact) mass is 370 g/mol. The van der Waals surface area contributed by atoms with Crippen molar-refractivity contribution in [2.75, 3.05) is 11.1 Å². The van der Waals surface area contributed by atoms with Crippen molar-refractivity contribution in [1.82, 2.24) is 9.78 Å². The third-order valence-corrected chi connectivity index (χ3v) is 5.00. The van der Waals surface area contributed by atoms with Gasteiger partial charge < -0.3 is 11.1 Å². The molecule has 1 aliphatic rings. The Bertz CT molecular complexity index is 1060. The summed E-state index contributed by atoms with van der Waals surface area (Å²) in [5.41, 5.74) is 11.1. The summed E-state index contributed by atoms with van der Waals surface area (Å²) in [4.78, 5) is 12.5. The zero-order valence-electron chi connectivity index (χ0n) is 15.7. The summed E-state index contributed by atoms with van der Waals surface area (Å²) >= 11 is 0. The Morgan fingerprint density at radius 2 is 1.93 bits per heavy atom. The quantitative estimate of drug-likeness (QED) is 0.666. The molecule has 0 bridgehead atoms. The van der Waals surface area contributed by atoms with Crippen LogP contribution in [-0.4, -0.2) is 15.7 Å². The molecule has 5 heteroatoms. The predicted octanol–water partition coefficient (Wildman–Crippen LogP) is 4.45. The van der Waals surface area contributed by atoms with Crippen LogP contribution in [0.1, 0.15) is 40.1 Å². The molecule has 0 aliphatic heterocycles. The van der Waals surface area contributed by atoms with Crippen molar-refractivity contribution in [3.05, 3.63) is 95.3 Å². The van der Waals surface area contributed by atoms with Gasteiger partial charge in [-0.1, -0.05) is 48.6 Å². The number of aromatic nitrogens is 2. The van der Waals surface area contributed by atoms with Gasteiger partial charge in [-0.25, -0.2) is 0 Å². The van der Waals surface area contributed by atoms with Gasteiger partial charge in [0.05, 0.1) is 29.3 Å². The minimum atomic E-state index is -0.180. The van der Waals surface area contributed by atoms with Crippen molar-refractivity contribution < 1.29 is 4.79 Å². The number of nitrogens with one attached hydrogen (secondary N) is 1. The van der Waals surface area contributed by atoms with Crippen LogP contribution in [-0.2, 0) is 6.42 Å². The Balaban J connectivity index is 1.53. The van der Waals surface area contributed by atoms with Crippen LogP contribution in [0.5, 0.6) is 0 Å². The maximum absolute atomic E-state index is 12.5. The van der Waals surface area contributed by atoms with E-state index in [0.29, 0.717) is 16.9 Å². The lowest BCUT2D eigenvalue weighted by atomic mass is 10.0. The first-order valence-corrected chi connectivity index (χ1v) is 9.29. The molecular formula is C23H22N4O. The molecule has 140 valence electrons. The minimum Gasteiger partial charge on any atom is -0.397 e. The number of carbonyl (C=O) groups is 1. The number of nitrogens with zero attached hydrogens (tertiary/aromatic N) is 2. The van der Waals surface area contributed by atoms with Crippen LogP contribution < -0.4 is 11.1 Å². The first kappa shape index (κ1) is 17.8. The number of nitrogen functional groups attached to an aromatic ring is 1. The Hall–Kier alpha value is -3.60. The summed E-state index contributed by atoms with van der Waals surface area (Å²) in [6.07, 6.45) is 11.1. The first-order chi connectivity index (χ1) is 13.6. The van der Waals surface area contributed by atoms with E-state index in [9.17, 15) is 4.79 Å². The Morgan fingerprint density at radius 1 is 1.14 bits per heavy atom. The number of rotatable bonds is 4. The molecule has 1 atom stereocenters. The molecule has 4 rings (SSSR count). The second-order valence-corrected chi connectivity index (χ2v) is 6.82. The molecule has 2 aromatic carbocycles. The highest BCUT2D eigenvalue weighted by Crippen LogP contribution is 2.24. The molecule has 1 unspecified atom stereocenters. The van der Waals surface area contributed by atoms with E-state index < -0.39 is 0 Å². The van der Waals surface area contributed by atoms with E-state index in [1.807, 2.05) is 48.7 Å². The van der Waals surface area contributed by atoms with Gasteiger partial charge in [-0.05, 0) is 36.8 Å². The summed E-state index contributed by atoms with van der Waals surface area (Å²) in [5.74, 6) is -0.180.